The van der Waals surface area contributed by atoms with Crippen LogP contribution in [0, 0.1) is 0 Å². The number of aliphatic hydroxyl groups excluding tert-OH is 2. The number of urea groups is 1. The number of amides is 4. The smallest absolute Gasteiger partial charge is 0.416 e. The SMILES string of the molecule is CCCCCCCCCCC(=O)N[C@H]1C(CO)OCC(NC(=O)Nc2cccc(C(F)(F)F)c2)[C@H]1O[C@@H]1OC2COC(c3ccccc3)O[C@@H]2[C@H](O)C1OC(=O)Nc1cccc(C(F)(F)F)c1. The van der Waals surface area contributed by atoms with Crippen molar-refractivity contribution in [2.24, 2.45) is 0 Å². The van der Waals surface area contributed by atoms with Crippen molar-refractivity contribution in [3.63, 3.8) is 0 Å². The Labute approximate surface area is 383 Å². The van der Waals surface area contributed by atoms with E-state index in [1.807, 2.05) is 0 Å². The van der Waals surface area contributed by atoms with Crippen molar-refractivity contribution >= 4 is 29.4 Å². The van der Waals surface area contributed by atoms with Gasteiger partial charge in [-0.3, -0.25) is 10.1 Å². The summed E-state index contributed by atoms with van der Waals surface area (Å²) in [4.78, 5) is 40.6. The van der Waals surface area contributed by atoms with Crippen molar-refractivity contribution in [2.45, 2.75) is 138 Å². The summed E-state index contributed by atoms with van der Waals surface area (Å²) in [5.74, 6) is -0.473. The number of rotatable bonds is 18. The van der Waals surface area contributed by atoms with E-state index in [1.165, 1.54) is 12.1 Å². The fourth-order valence-electron chi connectivity index (χ4n) is 8.10. The van der Waals surface area contributed by atoms with E-state index in [9.17, 15) is 50.9 Å². The first-order chi connectivity index (χ1) is 32.0. The molecule has 4 amide bonds. The number of anilines is 2. The van der Waals surface area contributed by atoms with Gasteiger partial charge in [-0.15, -0.1) is 0 Å². The molecule has 0 spiro atoms. The average Bonchev–Trinajstić information content (AvgIpc) is 3.29. The van der Waals surface area contributed by atoms with Crippen LogP contribution in [0.25, 0.3) is 0 Å². The Morgan fingerprint density at radius 3 is 1.99 bits per heavy atom. The van der Waals surface area contributed by atoms with Gasteiger partial charge in [-0.05, 0) is 42.8 Å². The fourth-order valence-corrected chi connectivity index (χ4v) is 8.10. The molecule has 0 radical (unpaired) electrons. The third kappa shape index (κ3) is 14.5. The first-order valence-corrected chi connectivity index (χ1v) is 22.3. The first-order valence-electron chi connectivity index (χ1n) is 22.3. The van der Waals surface area contributed by atoms with E-state index in [0.29, 0.717) is 18.1 Å². The first kappa shape index (κ1) is 51.4. The van der Waals surface area contributed by atoms with Crippen molar-refractivity contribution in [3.05, 3.63) is 95.6 Å². The number of hydrogen-bond acceptors (Lipinski definition) is 11. The number of halogens is 6. The summed E-state index contributed by atoms with van der Waals surface area (Å²) in [7, 11) is 0. The van der Waals surface area contributed by atoms with Gasteiger partial charge in [0.1, 0.15) is 30.5 Å². The van der Waals surface area contributed by atoms with Gasteiger partial charge >= 0.3 is 24.5 Å². The minimum Gasteiger partial charge on any atom is -0.438 e. The molecule has 67 heavy (non-hydrogen) atoms. The van der Waals surface area contributed by atoms with E-state index in [0.717, 1.165) is 75.3 Å². The van der Waals surface area contributed by atoms with Crippen molar-refractivity contribution in [2.75, 3.05) is 30.5 Å². The van der Waals surface area contributed by atoms with Crippen LogP contribution in [0.15, 0.2) is 78.9 Å². The maximum atomic E-state index is 13.6. The molecule has 3 fully saturated rings. The second-order valence-electron chi connectivity index (χ2n) is 16.5. The van der Waals surface area contributed by atoms with Gasteiger partial charge in [0.25, 0.3) is 0 Å². The maximum absolute atomic E-state index is 13.6. The highest BCUT2D eigenvalue weighted by molar-refractivity contribution is 5.89. The fraction of sp³-hybridized carbons (Fsp3) is 0.543. The highest BCUT2D eigenvalue weighted by Gasteiger charge is 2.54. The summed E-state index contributed by atoms with van der Waals surface area (Å²) in [5, 5.41) is 32.5. The number of ether oxygens (including phenoxy) is 6. The molecule has 0 aliphatic carbocycles. The molecule has 6 rings (SSSR count). The van der Waals surface area contributed by atoms with Crippen LogP contribution in [0.2, 0.25) is 0 Å². The second kappa shape index (κ2) is 23.8. The third-order valence-electron chi connectivity index (χ3n) is 11.5. The number of alkyl halides is 6. The number of hydrogen-bond donors (Lipinski definition) is 6. The van der Waals surface area contributed by atoms with Crippen LogP contribution in [0.1, 0.15) is 87.7 Å². The van der Waals surface area contributed by atoms with Gasteiger partial charge in [0.15, 0.2) is 18.7 Å². The molecular weight excluding hydrogens is 899 g/mol. The number of fused-ring (bicyclic) bond motifs is 1. The lowest BCUT2D eigenvalue weighted by Gasteiger charge is -2.49. The lowest BCUT2D eigenvalue weighted by molar-refractivity contribution is -0.369. The Morgan fingerprint density at radius 2 is 1.36 bits per heavy atom. The molecule has 0 bridgehead atoms. The number of carbonyl (C=O) groups excluding carboxylic acids is 3. The minimum absolute atomic E-state index is 0.0611. The molecular formula is C46H56F6N4O11. The molecule has 3 saturated heterocycles. The van der Waals surface area contributed by atoms with Crippen LogP contribution in [-0.2, 0) is 45.6 Å². The lowest BCUT2D eigenvalue weighted by Crippen LogP contribution is -2.69. The number of nitrogens with one attached hydrogen (secondary N) is 4. The Kier molecular flexibility index (Phi) is 18.3. The van der Waals surface area contributed by atoms with Crippen LogP contribution in [0.3, 0.4) is 0 Å². The third-order valence-corrected chi connectivity index (χ3v) is 11.5. The van der Waals surface area contributed by atoms with Gasteiger partial charge in [0, 0.05) is 23.4 Å². The van der Waals surface area contributed by atoms with Gasteiger partial charge in [-0.25, -0.2) is 9.59 Å². The highest BCUT2D eigenvalue weighted by atomic mass is 19.4. The predicted octanol–water partition coefficient (Wildman–Crippen LogP) is 7.82. The number of aliphatic hydroxyl groups is 2. The average molecular weight is 955 g/mol. The summed E-state index contributed by atoms with van der Waals surface area (Å²) < 4.78 is 118. The number of carbonyl (C=O) groups is 3. The normalized spacial score (nSPS) is 26.5. The van der Waals surface area contributed by atoms with Gasteiger partial charge in [-0.2, -0.15) is 26.3 Å². The summed E-state index contributed by atoms with van der Waals surface area (Å²) in [6, 6.07) is 12.7. The van der Waals surface area contributed by atoms with Crippen molar-refractivity contribution in [3.8, 4) is 0 Å². The van der Waals surface area contributed by atoms with Crippen molar-refractivity contribution < 1.29 is 79.4 Å². The Bertz CT molecular complexity index is 2070. The van der Waals surface area contributed by atoms with Crippen LogP contribution >= 0.6 is 0 Å². The standard InChI is InChI=1S/C46H56F6N4O11/c1-2-3-4-5-6-7-8-12-21-35(58)56-36-33(24-57)62-25-32(55-43(60)53-30-19-13-17-28(22-30)45(47,48)49)38(36)65-42-40(67-44(61)54-31-20-14-18-29(23-31)46(50,51)52)37(59)39-34(64-42)26-63-41(66-39)27-15-10-9-11-16-27/h9-11,13-20,22-23,32-34,36-42,57,59H,2-8,12,21,24-26H2,1H3,(H,54,61)(H,56,58)(H2,53,55,60)/t32?,33?,34?,36-,37-,38+,39-,40?,41?,42-/m0/s1. The largest absolute Gasteiger partial charge is 0.438 e. The minimum atomic E-state index is -4.75. The number of unbranched alkanes of at least 4 members (excludes halogenated alkanes) is 7. The molecule has 0 saturated carbocycles. The van der Waals surface area contributed by atoms with Gasteiger partial charge in [0.05, 0.1) is 43.0 Å². The van der Waals surface area contributed by atoms with Crippen molar-refractivity contribution in [1.29, 1.82) is 0 Å². The molecule has 3 aromatic rings. The molecule has 5 unspecified atom stereocenters. The molecule has 21 heteroatoms. The second-order valence-corrected chi connectivity index (χ2v) is 16.5. The summed E-state index contributed by atoms with van der Waals surface area (Å²) in [6.07, 6.45) is -14.5. The lowest BCUT2D eigenvalue weighted by atomic mass is 9.93. The molecule has 6 N–H and O–H groups in total. The molecule has 15 nitrogen and oxygen atoms in total. The zero-order valence-corrected chi connectivity index (χ0v) is 36.6. The van der Waals surface area contributed by atoms with Crippen molar-refractivity contribution in [1.82, 2.24) is 10.6 Å². The van der Waals surface area contributed by atoms with E-state index in [4.69, 9.17) is 28.4 Å². The van der Waals surface area contributed by atoms with E-state index in [2.05, 4.69) is 28.2 Å². The van der Waals surface area contributed by atoms with E-state index >= 15 is 0 Å². The zero-order valence-electron chi connectivity index (χ0n) is 36.6. The molecule has 3 aliphatic heterocycles. The van der Waals surface area contributed by atoms with E-state index in [-0.39, 0.29) is 24.4 Å². The Balaban J connectivity index is 1.27. The molecule has 3 aliphatic rings. The maximum Gasteiger partial charge on any atom is 0.416 e. The van der Waals surface area contributed by atoms with Gasteiger partial charge < -0.3 is 54.6 Å². The van der Waals surface area contributed by atoms with Crippen LogP contribution in [-0.4, -0.2) is 103 Å². The van der Waals surface area contributed by atoms with Crippen LogP contribution < -0.4 is 21.3 Å². The van der Waals surface area contributed by atoms with Crippen LogP contribution in [0.5, 0.6) is 0 Å². The quantitative estimate of drug-likeness (QED) is 0.0538. The summed E-state index contributed by atoms with van der Waals surface area (Å²) >= 11 is 0. The van der Waals surface area contributed by atoms with Gasteiger partial charge in [0.2, 0.25) is 5.91 Å². The molecule has 10 atom stereocenters. The van der Waals surface area contributed by atoms with Crippen LogP contribution in [0.4, 0.5) is 47.3 Å². The topological polar surface area (TPSA) is 195 Å². The highest BCUT2D eigenvalue weighted by Crippen LogP contribution is 2.38. The summed E-state index contributed by atoms with van der Waals surface area (Å²) in [6.45, 7) is 0.857. The van der Waals surface area contributed by atoms with E-state index in [1.54, 1.807) is 30.3 Å². The Morgan fingerprint density at radius 1 is 0.731 bits per heavy atom. The molecule has 0 aromatic heterocycles. The monoisotopic (exact) mass is 954 g/mol. The molecule has 3 aromatic carbocycles. The zero-order chi connectivity index (χ0) is 48.1. The van der Waals surface area contributed by atoms with Gasteiger partial charge in [-0.1, -0.05) is 94.3 Å². The Hall–Kier alpha value is -5.03. The molecule has 368 valence electrons. The number of benzene rings is 3. The predicted molar refractivity (Wildman–Crippen MR) is 228 cm³/mol. The summed E-state index contributed by atoms with van der Waals surface area (Å²) in [5.41, 5.74) is -2.05. The van der Waals surface area contributed by atoms with E-state index < -0.39 is 116 Å². The molecule has 3 heterocycles.